The zero-order chi connectivity index (χ0) is 53.0. The van der Waals surface area contributed by atoms with Gasteiger partial charge < -0.3 is 67.1 Å². The SMILES string of the molecule is O=S(=O)([O-])[O-].O=S(=O)([O-])[O-].O=S(=O)([O-])[O-].O=S(=O)([O-])[O-].O=c1c2cc(Nc3cccc4c(O)c5ccccc5c(O)c34)ccc2c2ccc3[nH]c4c(ccc5c(O)c6ccccc6c(O)c54)c4ccc1c2c34.[Na+].[Na+].[Na+].[Na+]. The molecule has 0 amide bonds. The van der Waals surface area contributed by atoms with Crippen molar-refractivity contribution in [3.63, 3.8) is 0 Å². The molecule has 31 heteroatoms. The topological polar surface area (TPSA) is 447 Å². The van der Waals surface area contributed by atoms with Crippen LogP contribution in [0.5, 0.6) is 23.0 Å². The average molecular weight is 1150 g/mol. The van der Waals surface area contributed by atoms with Gasteiger partial charge in [-0.2, -0.15) is 0 Å². The van der Waals surface area contributed by atoms with Crippen LogP contribution < -0.4 is 129 Å². The fourth-order valence-electron chi connectivity index (χ4n) is 8.58. The summed E-state index contributed by atoms with van der Waals surface area (Å²) in [5, 5.41) is 59.4. The standard InChI is InChI=1S/C45H26N2O5.4Na.4H2O4S/c48-41-26-6-1-3-8-28(26)44(51)38-30(41)10-5-11-34(38)46-21-12-13-22-23-18-19-35-37-24(14-16-31(36(23)37)43(50)33(22)20-21)25-15-17-32-39(40(25)47-35)45(52)29-9-4-2-7-27(29)42(32)49;;;;;4*1-5(2,3)4/h1-20,46-49,51-52H;;;;;4*(H2,1,2,3,4)/q;4*+1;;;;/p-8. The van der Waals surface area contributed by atoms with Gasteiger partial charge in [0.1, 0.15) is 23.0 Å². The van der Waals surface area contributed by atoms with Gasteiger partial charge in [-0.3, -0.25) is 38.5 Å². The van der Waals surface area contributed by atoms with E-state index < -0.39 is 41.6 Å². The molecule has 6 N–H and O–H groups in total. The van der Waals surface area contributed by atoms with Crippen molar-refractivity contribution >= 4 is 150 Å². The number of pyridine rings is 1. The number of aromatic hydroxyl groups is 4. The van der Waals surface area contributed by atoms with Gasteiger partial charge in [0.25, 0.3) is 0 Å². The maximum Gasteiger partial charge on any atom is 1.00 e. The summed E-state index contributed by atoms with van der Waals surface area (Å²) in [4.78, 5) is 17.9. The van der Waals surface area contributed by atoms with Gasteiger partial charge >= 0.3 is 118 Å². The molecule has 76 heavy (non-hydrogen) atoms. The largest absolute Gasteiger partial charge is 1.00 e. The second-order valence-corrected chi connectivity index (χ2v) is 18.4. The second kappa shape index (κ2) is 25.6. The van der Waals surface area contributed by atoms with Crippen LogP contribution in [0.25, 0.3) is 97.2 Å². The van der Waals surface area contributed by atoms with Gasteiger partial charge in [0.05, 0.1) is 22.0 Å². The quantitative estimate of drug-likeness (QED) is 0.0234. The second-order valence-electron chi connectivity index (χ2n) is 15.2. The third-order valence-corrected chi connectivity index (χ3v) is 10.9. The van der Waals surface area contributed by atoms with Gasteiger partial charge in [0.15, 0.2) is 5.43 Å². The Kier molecular flexibility index (Phi) is 22.4. The number of anilines is 2. The monoisotopic (exact) mass is 1150 g/mol. The Morgan fingerprint density at radius 2 is 0.724 bits per heavy atom. The van der Waals surface area contributed by atoms with Crippen LogP contribution in [0, 0.1) is 0 Å². The van der Waals surface area contributed by atoms with Crippen LogP contribution in [0.15, 0.2) is 126 Å². The summed E-state index contributed by atoms with van der Waals surface area (Å²) in [6, 6.07) is 37.3. The first kappa shape index (κ1) is 66.5. The Morgan fingerprint density at radius 3 is 1.22 bits per heavy atom. The van der Waals surface area contributed by atoms with Gasteiger partial charge in [-0.15, -0.1) is 0 Å². The number of aromatic amines is 1. The van der Waals surface area contributed by atoms with Crippen molar-refractivity contribution in [2.24, 2.45) is 0 Å². The number of aromatic nitrogens is 1. The van der Waals surface area contributed by atoms with E-state index in [0.29, 0.717) is 70.8 Å². The summed E-state index contributed by atoms with van der Waals surface area (Å²) in [5.41, 5.74) is 2.67. The van der Waals surface area contributed by atoms with Gasteiger partial charge in [0, 0.05) is 112 Å². The van der Waals surface area contributed by atoms with Crippen LogP contribution in [0.2, 0.25) is 0 Å². The van der Waals surface area contributed by atoms with Crippen LogP contribution in [0.1, 0.15) is 0 Å². The molecule has 0 aliphatic rings. The van der Waals surface area contributed by atoms with Crippen LogP contribution in [0.4, 0.5) is 11.4 Å². The first-order valence-electron chi connectivity index (χ1n) is 19.6. The van der Waals surface area contributed by atoms with E-state index in [-0.39, 0.29) is 147 Å². The van der Waals surface area contributed by atoms with Crippen LogP contribution in [-0.2, 0) is 41.6 Å². The first-order chi connectivity index (χ1) is 33.4. The number of phenolic OH excluding ortho intramolecular Hbond substituents is 4. The molecule has 0 saturated heterocycles. The molecular formula is C45H26N2Na4O21S4-4. The van der Waals surface area contributed by atoms with Crippen molar-refractivity contribution in [3.8, 4) is 23.0 Å². The number of nitrogens with one attached hydrogen (secondary N) is 2. The van der Waals surface area contributed by atoms with E-state index in [1.807, 2.05) is 91.0 Å². The Balaban J connectivity index is 0.000000548. The molecule has 0 unspecified atom stereocenters. The van der Waals surface area contributed by atoms with Crippen molar-refractivity contribution < 1.29 is 209 Å². The number of H-pyrrole nitrogens is 1. The zero-order valence-electron chi connectivity index (χ0n) is 39.4. The Labute approximate surface area is 517 Å². The van der Waals surface area contributed by atoms with E-state index in [1.165, 1.54) is 0 Å². The van der Waals surface area contributed by atoms with Crippen molar-refractivity contribution in [1.29, 1.82) is 0 Å². The van der Waals surface area contributed by atoms with Gasteiger partial charge in [-0.05, 0) is 52.6 Å². The molecule has 0 atom stereocenters. The summed E-state index contributed by atoms with van der Waals surface area (Å²) in [6.07, 6.45) is 0. The molecule has 1 aromatic heterocycles. The fraction of sp³-hybridized carbons (Fsp3) is 0. The summed E-state index contributed by atoms with van der Waals surface area (Å²) in [5.74, 6) is 0.374. The van der Waals surface area contributed by atoms with Crippen molar-refractivity contribution in [2.75, 3.05) is 5.32 Å². The molecule has 0 spiro atoms. The Hall–Kier alpha value is -3.77. The minimum Gasteiger partial charge on any atom is -0.759 e. The van der Waals surface area contributed by atoms with E-state index in [4.69, 9.17) is 70.1 Å². The molecule has 0 bridgehead atoms. The van der Waals surface area contributed by atoms with Crippen LogP contribution >= 0.6 is 0 Å². The number of benzene rings is 10. The number of hydrogen-bond acceptors (Lipinski definition) is 22. The van der Waals surface area contributed by atoms with Crippen LogP contribution in [0.3, 0.4) is 0 Å². The molecule has 0 saturated carbocycles. The van der Waals surface area contributed by atoms with Gasteiger partial charge in [-0.25, -0.2) is 0 Å². The zero-order valence-corrected chi connectivity index (χ0v) is 50.7. The first-order valence-corrected chi connectivity index (χ1v) is 25.0. The van der Waals surface area contributed by atoms with Crippen LogP contribution in [-0.4, -0.2) is 95.5 Å². The molecule has 1 heterocycles. The maximum atomic E-state index is 14.3. The predicted molar refractivity (Wildman–Crippen MR) is 254 cm³/mol. The molecule has 0 radical (unpaired) electrons. The maximum absolute atomic E-state index is 14.3. The molecule has 0 aliphatic carbocycles. The summed E-state index contributed by atoms with van der Waals surface area (Å²) in [7, 11) is -20.7. The number of hydrogen-bond donors (Lipinski definition) is 6. The Bertz CT molecular complexity index is 4420. The van der Waals surface area contributed by atoms with E-state index in [9.17, 15) is 25.2 Å². The molecule has 10 aromatic carbocycles. The molecule has 23 nitrogen and oxygen atoms in total. The molecule has 0 fully saturated rings. The van der Waals surface area contributed by atoms with Gasteiger partial charge in [0.2, 0.25) is 0 Å². The smallest absolute Gasteiger partial charge is 0.759 e. The molecule has 11 rings (SSSR count). The molecule has 374 valence electrons. The average Bonchev–Trinajstić information content (AvgIpc) is 3.27. The number of rotatable bonds is 2. The summed E-state index contributed by atoms with van der Waals surface area (Å²) < 4.78 is 136. The predicted octanol–water partition coefficient (Wildman–Crippen LogP) is -6.58. The molecular weight excluding hydrogens is 1120 g/mol. The Morgan fingerprint density at radius 1 is 0.355 bits per heavy atom. The van der Waals surface area contributed by atoms with Crippen molar-refractivity contribution in [2.45, 2.75) is 0 Å². The third kappa shape index (κ3) is 15.3. The van der Waals surface area contributed by atoms with E-state index in [0.717, 1.165) is 37.8 Å². The van der Waals surface area contributed by atoms with E-state index in [1.54, 1.807) is 30.3 Å². The molecule has 0 aliphatic heterocycles. The molecule has 11 aromatic rings. The minimum atomic E-state index is -5.17. The minimum absolute atomic E-state index is 0. The van der Waals surface area contributed by atoms with E-state index in [2.05, 4.69) is 10.3 Å². The van der Waals surface area contributed by atoms with Gasteiger partial charge in [-0.1, -0.05) is 84.9 Å². The van der Waals surface area contributed by atoms with Crippen molar-refractivity contribution in [1.82, 2.24) is 4.98 Å². The third-order valence-electron chi connectivity index (χ3n) is 10.9. The number of fused-ring (bicyclic) bond motifs is 9. The van der Waals surface area contributed by atoms with Crippen molar-refractivity contribution in [3.05, 3.63) is 132 Å². The van der Waals surface area contributed by atoms with E-state index >= 15 is 0 Å². The fourth-order valence-corrected chi connectivity index (χ4v) is 8.58. The summed E-state index contributed by atoms with van der Waals surface area (Å²) in [6.45, 7) is 0. The normalized spacial score (nSPS) is 11.4. The summed E-state index contributed by atoms with van der Waals surface area (Å²) >= 11 is 0. The number of phenols is 4.